The summed E-state index contributed by atoms with van der Waals surface area (Å²) in [5.41, 5.74) is 12.1. The van der Waals surface area contributed by atoms with Crippen LogP contribution in [0.25, 0.3) is 86.2 Å². The van der Waals surface area contributed by atoms with E-state index in [0.717, 1.165) is 0 Å². The molecule has 0 N–H and O–H groups in total. The lowest BCUT2D eigenvalue weighted by molar-refractivity contribution is 1.29. The molecular weight excluding hydrogens is 589 g/mol. The van der Waals surface area contributed by atoms with E-state index >= 15 is 0 Å². The lowest BCUT2D eigenvalue weighted by Crippen LogP contribution is -1.92. The van der Waals surface area contributed by atoms with Gasteiger partial charge in [-0.1, -0.05) is 91.0 Å². The highest BCUT2D eigenvalue weighted by molar-refractivity contribution is 7.25. The third kappa shape index (κ3) is 4.54. The Labute approximate surface area is 277 Å². The predicted molar refractivity (Wildman–Crippen MR) is 201 cm³/mol. The minimum atomic E-state index is 1.17. The molecule has 0 saturated heterocycles. The van der Waals surface area contributed by atoms with Gasteiger partial charge < -0.3 is 0 Å². The molecule has 0 fully saturated rings. The number of rotatable bonds is 4. The fraction of sp³-hybridized carbons (Fsp3) is 0.0455. The maximum absolute atomic E-state index is 4.40. The number of thiophene rings is 1. The molecule has 0 radical (unpaired) electrons. The van der Waals surface area contributed by atoms with Gasteiger partial charge in [-0.05, 0) is 110 Å². The van der Waals surface area contributed by atoms with Crippen LogP contribution in [0.5, 0.6) is 0 Å². The third-order valence-corrected chi connectivity index (χ3v) is 10.7. The van der Waals surface area contributed by atoms with E-state index in [9.17, 15) is 0 Å². The predicted octanol–water partition coefficient (Wildman–Crippen LogP) is 12.4. The molecular formula is C44H30N2S. The largest absolute Gasteiger partial charge is 0.264 e. The minimum Gasteiger partial charge on any atom is -0.264 e. The standard InChI is InChI=1S/C44H30N2S/c1-27-19-21-45-25-39(27)29-11-15-31(16-12-29)43-34-8-3-4-9-35(34)44(32-17-13-30(14-18-32)40-26-46-22-20-28(40)2)38-24-42-36(23-37(38)43)33-7-5-6-10-41(33)47-42/h3-26H,1-2H3. The highest BCUT2D eigenvalue weighted by Gasteiger charge is 2.19. The molecule has 222 valence electrons. The molecule has 9 rings (SSSR count). The van der Waals surface area contributed by atoms with Crippen LogP contribution < -0.4 is 0 Å². The van der Waals surface area contributed by atoms with Crippen molar-refractivity contribution in [2.24, 2.45) is 0 Å². The van der Waals surface area contributed by atoms with Crippen molar-refractivity contribution >= 4 is 53.1 Å². The molecule has 0 aliphatic heterocycles. The van der Waals surface area contributed by atoms with Crippen molar-refractivity contribution in [2.75, 3.05) is 0 Å². The molecule has 0 unspecified atom stereocenters. The number of fused-ring (bicyclic) bond motifs is 5. The van der Waals surface area contributed by atoms with E-state index < -0.39 is 0 Å². The first-order valence-corrected chi connectivity index (χ1v) is 16.8. The average Bonchev–Trinajstić information content (AvgIpc) is 3.48. The molecule has 3 heteroatoms. The van der Waals surface area contributed by atoms with Gasteiger partial charge in [0.1, 0.15) is 0 Å². The Morgan fingerprint density at radius 1 is 0.404 bits per heavy atom. The summed E-state index contributed by atoms with van der Waals surface area (Å²) in [4.78, 5) is 8.79. The zero-order valence-corrected chi connectivity index (χ0v) is 27.0. The average molecular weight is 619 g/mol. The number of hydrogen-bond acceptors (Lipinski definition) is 3. The normalized spacial score (nSPS) is 11.6. The maximum Gasteiger partial charge on any atom is 0.0362 e. The Bertz CT molecular complexity index is 2630. The molecule has 0 spiro atoms. The van der Waals surface area contributed by atoms with E-state index in [2.05, 4.69) is 145 Å². The molecule has 6 aromatic carbocycles. The van der Waals surface area contributed by atoms with Crippen LogP contribution in [0.2, 0.25) is 0 Å². The molecule has 0 amide bonds. The fourth-order valence-corrected chi connectivity index (χ4v) is 8.31. The number of aromatic nitrogens is 2. The van der Waals surface area contributed by atoms with Crippen LogP contribution in [0.15, 0.2) is 146 Å². The van der Waals surface area contributed by atoms with E-state index in [1.54, 1.807) is 0 Å². The number of hydrogen-bond donors (Lipinski definition) is 0. The van der Waals surface area contributed by atoms with Crippen molar-refractivity contribution in [1.29, 1.82) is 0 Å². The lowest BCUT2D eigenvalue weighted by atomic mass is 9.85. The highest BCUT2D eigenvalue weighted by Crippen LogP contribution is 2.47. The Hall–Kier alpha value is -5.64. The van der Waals surface area contributed by atoms with Gasteiger partial charge in [0.2, 0.25) is 0 Å². The Kier molecular flexibility index (Phi) is 6.48. The quantitative estimate of drug-likeness (QED) is 0.183. The second kappa shape index (κ2) is 11.0. The smallest absolute Gasteiger partial charge is 0.0362 e. The highest BCUT2D eigenvalue weighted by atomic mass is 32.1. The maximum atomic E-state index is 4.40. The van der Waals surface area contributed by atoms with Crippen molar-refractivity contribution in [3.8, 4) is 44.5 Å². The van der Waals surface area contributed by atoms with Crippen LogP contribution >= 0.6 is 11.3 Å². The second-order valence-corrected chi connectivity index (χ2v) is 13.4. The van der Waals surface area contributed by atoms with Crippen LogP contribution in [0, 0.1) is 13.8 Å². The van der Waals surface area contributed by atoms with Crippen molar-refractivity contribution in [3.05, 3.63) is 157 Å². The molecule has 0 atom stereocenters. The van der Waals surface area contributed by atoms with Crippen molar-refractivity contribution in [3.63, 3.8) is 0 Å². The van der Waals surface area contributed by atoms with Gasteiger partial charge in [-0.25, -0.2) is 0 Å². The zero-order chi connectivity index (χ0) is 31.5. The minimum absolute atomic E-state index is 1.17. The van der Waals surface area contributed by atoms with Gasteiger partial charge in [0.25, 0.3) is 0 Å². The van der Waals surface area contributed by atoms with E-state index in [1.165, 1.54) is 97.4 Å². The van der Waals surface area contributed by atoms with Gasteiger partial charge in [0, 0.05) is 56.1 Å². The molecule has 0 aliphatic rings. The van der Waals surface area contributed by atoms with Crippen molar-refractivity contribution in [2.45, 2.75) is 13.8 Å². The van der Waals surface area contributed by atoms with E-state index in [0.29, 0.717) is 0 Å². The molecule has 0 bridgehead atoms. The summed E-state index contributed by atoms with van der Waals surface area (Å²) in [6.07, 6.45) is 7.64. The van der Waals surface area contributed by atoms with Crippen LogP contribution in [0.3, 0.4) is 0 Å². The summed E-state index contributed by atoms with van der Waals surface area (Å²) in [5.74, 6) is 0. The summed E-state index contributed by atoms with van der Waals surface area (Å²) in [5, 5.41) is 7.68. The van der Waals surface area contributed by atoms with E-state index in [-0.39, 0.29) is 0 Å². The van der Waals surface area contributed by atoms with Crippen LogP contribution in [-0.4, -0.2) is 9.97 Å². The molecule has 0 saturated carbocycles. The van der Waals surface area contributed by atoms with E-state index in [4.69, 9.17) is 0 Å². The molecule has 2 nitrogen and oxygen atoms in total. The van der Waals surface area contributed by atoms with Gasteiger partial charge in [-0.2, -0.15) is 0 Å². The Morgan fingerprint density at radius 3 is 1.40 bits per heavy atom. The monoisotopic (exact) mass is 618 g/mol. The molecule has 3 heterocycles. The van der Waals surface area contributed by atoms with Crippen LogP contribution in [-0.2, 0) is 0 Å². The fourth-order valence-electron chi connectivity index (χ4n) is 7.18. The third-order valence-electron chi connectivity index (χ3n) is 9.57. The van der Waals surface area contributed by atoms with Crippen molar-refractivity contribution < 1.29 is 0 Å². The van der Waals surface area contributed by atoms with Crippen molar-refractivity contribution in [1.82, 2.24) is 9.97 Å². The molecule has 0 aliphatic carbocycles. The Balaban J connectivity index is 1.33. The van der Waals surface area contributed by atoms with E-state index in [1.807, 2.05) is 36.1 Å². The topological polar surface area (TPSA) is 25.8 Å². The second-order valence-electron chi connectivity index (χ2n) is 12.3. The number of aryl methyl sites for hydroxylation is 2. The number of pyridine rings is 2. The summed E-state index contributed by atoms with van der Waals surface area (Å²) in [6.45, 7) is 4.29. The van der Waals surface area contributed by atoms with Gasteiger partial charge in [0.15, 0.2) is 0 Å². The van der Waals surface area contributed by atoms with Gasteiger partial charge >= 0.3 is 0 Å². The van der Waals surface area contributed by atoms with Crippen LogP contribution in [0.1, 0.15) is 11.1 Å². The number of nitrogens with zero attached hydrogens (tertiary/aromatic N) is 2. The summed E-state index contributed by atoms with van der Waals surface area (Å²) in [6, 6.07) is 44.8. The summed E-state index contributed by atoms with van der Waals surface area (Å²) < 4.78 is 2.63. The summed E-state index contributed by atoms with van der Waals surface area (Å²) in [7, 11) is 0. The zero-order valence-electron chi connectivity index (χ0n) is 26.2. The summed E-state index contributed by atoms with van der Waals surface area (Å²) >= 11 is 1.88. The number of benzene rings is 6. The molecule has 47 heavy (non-hydrogen) atoms. The first-order chi connectivity index (χ1) is 23.1. The molecule has 3 aromatic heterocycles. The van der Waals surface area contributed by atoms with Gasteiger partial charge in [-0.15, -0.1) is 11.3 Å². The SMILES string of the molecule is Cc1ccncc1-c1ccc(-c2c3ccccc3c(-c3ccc(-c4cnccc4C)cc3)c3cc4c(cc23)sc2ccccc24)cc1. The molecule has 9 aromatic rings. The van der Waals surface area contributed by atoms with Crippen LogP contribution in [0.4, 0.5) is 0 Å². The first kappa shape index (κ1) is 27.7. The Morgan fingerprint density at radius 2 is 0.872 bits per heavy atom. The van der Waals surface area contributed by atoms with Gasteiger partial charge in [-0.3, -0.25) is 9.97 Å². The van der Waals surface area contributed by atoms with Gasteiger partial charge in [0.05, 0.1) is 0 Å². The first-order valence-electron chi connectivity index (χ1n) is 16.0. The lowest BCUT2D eigenvalue weighted by Gasteiger charge is -2.19.